The van der Waals surface area contributed by atoms with Crippen molar-refractivity contribution >= 4 is 35.2 Å². The molecule has 0 radical (unpaired) electrons. The van der Waals surface area contributed by atoms with Gasteiger partial charge in [-0.1, -0.05) is 23.7 Å². The highest BCUT2D eigenvalue weighted by Crippen LogP contribution is 2.30. The van der Waals surface area contributed by atoms with Gasteiger partial charge >= 0.3 is 12.1 Å². The Bertz CT molecular complexity index is 1050. The number of carbonyl (C=O) groups excluding carboxylic acids is 2. The Morgan fingerprint density at radius 1 is 1.06 bits per heavy atom. The number of piperidine rings is 1. The molecular formula is C27H36ClN5O3. The number of halogens is 1. The van der Waals surface area contributed by atoms with Crippen LogP contribution in [0.5, 0.6) is 0 Å². The normalized spacial score (nSPS) is 18.8. The molecule has 2 fully saturated rings. The summed E-state index contributed by atoms with van der Waals surface area (Å²) in [5.41, 5.74) is 1.38. The van der Waals surface area contributed by atoms with Crippen LogP contribution in [0.1, 0.15) is 57.9 Å². The van der Waals surface area contributed by atoms with E-state index in [1.807, 2.05) is 49.9 Å². The van der Waals surface area contributed by atoms with Crippen molar-refractivity contribution in [2.45, 2.75) is 64.1 Å². The molecule has 0 unspecified atom stereocenters. The van der Waals surface area contributed by atoms with E-state index in [1.54, 1.807) is 18.1 Å². The van der Waals surface area contributed by atoms with E-state index in [1.165, 1.54) is 5.56 Å². The van der Waals surface area contributed by atoms with Crippen molar-refractivity contribution in [2.75, 3.05) is 36.9 Å². The third-order valence-corrected chi connectivity index (χ3v) is 7.02. The molecule has 0 bridgehead atoms. The zero-order chi connectivity index (χ0) is 25.9. The van der Waals surface area contributed by atoms with Crippen LogP contribution in [-0.2, 0) is 4.74 Å². The summed E-state index contributed by atoms with van der Waals surface area (Å²) in [7, 11) is 1.77. The van der Waals surface area contributed by atoms with Crippen molar-refractivity contribution in [1.29, 1.82) is 0 Å². The van der Waals surface area contributed by atoms with Crippen LogP contribution in [0.25, 0.3) is 0 Å². The van der Waals surface area contributed by atoms with Gasteiger partial charge in [0.05, 0.1) is 11.9 Å². The smallest absolute Gasteiger partial charge is 0.411 e. The molecule has 0 spiro atoms. The number of benzene rings is 1. The summed E-state index contributed by atoms with van der Waals surface area (Å²) < 4.78 is 5.54. The average molecular weight is 514 g/mol. The Balaban J connectivity index is 1.31. The minimum absolute atomic E-state index is 0.109. The second kappa shape index (κ2) is 10.9. The summed E-state index contributed by atoms with van der Waals surface area (Å²) in [5, 5.41) is 3.71. The predicted molar refractivity (Wildman–Crippen MR) is 143 cm³/mol. The largest absolute Gasteiger partial charge is 0.444 e. The summed E-state index contributed by atoms with van der Waals surface area (Å²) in [6.07, 6.45) is 4.88. The summed E-state index contributed by atoms with van der Waals surface area (Å²) >= 11 is 6.00. The molecule has 0 aliphatic carbocycles. The number of anilines is 2. The lowest BCUT2D eigenvalue weighted by Gasteiger charge is -2.34. The number of carbonyl (C=O) groups is 2. The molecule has 3 amide bonds. The third kappa shape index (κ3) is 6.40. The molecule has 2 saturated heterocycles. The topological polar surface area (TPSA) is 78.0 Å². The SMILES string of the molecule is CN(C(=O)OC(C)(C)C)[C@@H]1CCCN1c1ccc(NC(=O)N2CCC(c3ccc(Cl)cc3)CC2)cn1. The molecule has 2 aliphatic heterocycles. The maximum absolute atomic E-state index is 12.8. The highest BCUT2D eigenvalue weighted by molar-refractivity contribution is 6.30. The second-order valence-corrected chi connectivity index (χ2v) is 11.0. The lowest BCUT2D eigenvalue weighted by atomic mass is 9.89. The van der Waals surface area contributed by atoms with Crippen molar-refractivity contribution in [3.05, 3.63) is 53.2 Å². The minimum Gasteiger partial charge on any atom is -0.444 e. The lowest BCUT2D eigenvalue weighted by Crippen LogP contribution is -2.47. The van der Waals surface area contributed by atoms with Crippen LogP contribution in [-0.4, -0.2) is 65.4 Å². The van der Waals surface area contributed by atoms with Crippen LogP contribution < -0.4 is 10.2 Å². The Morgan fingerprint density at radius 2 is 1.75 bits per heavy atom. The fraction of sp³-hybridized carbons (Fsp3) is 0.519. The van der Waals surface area contributed by atoms with Crippen molar-refractivity contribution in [3.8, 4) is 0 Å². The van der Waals surface area contributed by atoms with Crippen LogP contribution in [0.2, 0.25) is 5.02 Å². The van der Waals surface area contributed by atoms with E-state index in [-0.39, 0.29) is 18.3 Å². The van der Waals surface area contributed by atoms with E-state index in [9.17, 15) is 9.59 Å². The fourth-order valence-electron chi connectivity index (χ4n) is 4.86. The fourth-order valence-corrected chi connectivity index (χ4v) is 4.98. The zero-order valence-corrected chi connectivity index (χ0v) is 22.3. The number of rotatable bonds is 4. The Labute approximate surface area is 218 Å². The summed E-state index contributed by atoms with van der Waals surface area (Å²) in [6, 6.07) is 11.6. The number of urea groups is 1. The second-order valence-electron chi connectivity index (χ2n) is 10.6. The van der Waals surface area contributed by atoms with Crippen molar-refractivity contribution < 1.29 is 14.3 Å². The number of likely N-dealkylation sites (tertiary alicyclic amines) is 1. The van der Waals surface area contributed by atoms with Gasteiger partial charge in [-0.25, -0.2) is 14.6 Å². The van der Waals surface area contributed by atoms with Crippen LogP contribution in [0.3, 0.4) is 0 Å². The summed E-state index contributed by atoms with van der Waals surface area (Å²) in [4.78, 5) is 35.6. The van der Waals surface area contributed by atoms with Gasteiger partial charge in [-0.2, -0.15) is 0 Å². The first-order valence-electron chi connectivity index (χ1n) is 12.6. The number of hydrogen-bond donors (Lipinski definition) is 1. The molecule has 8 nitrogen and oxygen atoms in total. The monoisotopic (exact) mass is 513 g/mol. The van der Waals surface area contributed by atoms with Gasteiger partial charge in [0.15, 0.2) is 0 Å². The number of hydrogen-bond acceptors (Lipinski definition) is 5. The maximum Gasteiger partial charge on any atom is 0.411 e. The molecule has 0 saturated carbocycles. The summed E-state index contributed by atoms with van der Waals surface area (Å²) in [6.45, 7) is 7.80. The molecule has 3 heterocycles. The average Bonchev–Trinajstić information content (AvgIpc) is 3.33. The molecule has 36 heavy (non-hydrogen) atoms. The molecule has 2 aromatic rings. The van der Waals surface area contributed by atoms with E-state index >= 15 is 0 Å². The molecule has 2 aliphatic rings. The first-order chi connectivity index (χ1) is 17.1. The van der Waals surface area contributed by atoms with Crippen LogP contribution in [0, 0.1) is 0 Å². The minimum atomic E-state index is -0.544. The molecule has 1 N–H and O–H groups in total. The van der Waals surface area contributed by atoms with Gasteiger partial charge in [-0.3, -0.25) is 4.90 Å². The lowest BCUT2D eigenvalue weighted by molar-refractivity contribution is 0.0229. The molecule has 9 heteroatoms. The van der Waals surface area contributed by atoms with Gasteiger partial charge in [0.1, 0.15) is 17.6 Å². The van der Waals surface area contributed by atoms with E-state index in [2.05, 4.69) is 27.3 Å². The standard InChI is InChI=1S/C27H36ClN5O3/c1-27(2,3)36-26(35)31(4)24-6-5-15-33(24)23-12-11-22(18-29-23)30-25(34)32-16-13-20(14-17-32)19-7-9-21(28)10-8-19/h7-12,18,20,24H,5-6,13-17H2,1-4H3,(H,30,34)/t24-/m0/s1. The highest BCUT2D eigenvalue weighted by atomic mass is 35.5. The highest BCUT2D eigenvalue weighted by Gasteiger charge is 2.33. The molecule has 1 atom stereocenters. The number of nitrogens with one attached hydrogen (secondary N) is 1. The zero-order valence-electron chi connectivity index (χ0n) is 21.5. The molecular weight excluding hydrogens is 478 g/mol. The Morgan fingerprint density at radius 3 is 2.36 bits per heavy atom. The number of nitrogens with zero attached hydrogens (tertiary/aromatic N) is 4. The third-order valence-electron chi connectivity index (χ3n) is 6.77. The van der Waals surface area contributed by atoms with Crippen molar-refractivity contribution in [3.63, 3.8) is 0 Å². The Kier molecular flexibility index (Phi) is 7.93. The maximum atomic E-state index is 12.8. The van der Waals surface area contributed by atoms with Gasteiger partial charge < -0.3 is 19.9 Å². The van der Waals surface area contributed by atoms with Gasteiger partial charge in [-0.15, -0.1) is 0 Å². The first-order valence-corrected chi connectivity index (χ1v) is 13.0. The molecule has 194 valence electrons. The van der Waals surface area contributed by atoms with E-state index in [0.717, 1.165) is 43.1 Å². The van der Waals surface area contributed by atoms with Gasteiger partial charge in [0.25, 0.3) is 0 Å². The van der Waals surface area contributed by atoms with Gasteiger partial charge in [0, 0.05) is 31.7 Å². The van der Waals surface area contributed by atoms with Crippen LogP contribution in [0.4, 0.5) is 21.1 Å². The predicted octanol–water partition coefficient (Wildman–Crippen LogP) is 5.94. The van der Waals surface area contributed by atoms with Crippen molar-refractivity contribution in [1.82, 2.24) is 14.8 Å². The van der Waals surface area contributed by atoms with E-state index in [4.69, 9.17) is 16.3 Å². The molecule has 1 aromatic carbocycles. The van der Waals surface area contributed by atoms with E-state index in [0.29, 0.717) is 24.7 Å². The number of ether oxygens (including phenoxy) is 1. The van der Waals surface area contributed by atoms with Gasteiger partial charge in [0.2, 0.25) is 0 Å². The quantitative estimate of drug-likeness (QED) is 0.547. The number of aromatic nitrogens is 1. The molecule has 1 aromatic heterocycles. The summed E-state index contributed by atoms with van der Waals surface area (Å²) in [5.74, 6) is 1.22. The number of amides is 3. The number of pyridine rings is 1. The van der Waals surface area contributed by atoms with E-state index < -0.39 is 5.60 Å². The van der Waals surface area contributed by atoms with Crippen molar-refractivity contribution in [2.24, 2.45) is 0 Å². The van der Waals surface area contributed by atoms with Gasteiger partial charge in [-0.05, 0) is 82.2 Å². The van der Waals surface area contributed by atoms with Crippen LogP contribution >= 0.6 is 11.6 Å². The Hall–Kier alpha value is -3.00. The first kappa shape index (κ1) is 26.1. The van der Waals surface area contributed by atoms with Crippen LogP contribution in [0.15, 0.2) is 42.6 Å². The molecule has 4 rings (SSSR count).